The highest BCUT2D eigenvalue weighted by molar-refractivity contribution is 7.11. The van der Waals surface area contributed by atoms with Crippen LogP contribution >= 0.6 is 11.3 Å². The minimum absolute atomic E-state index is 0.0366. The van der Waals surface area contributed by atoms with Crippen molar-refractivity contribution in [3.05, 3.63) is 16.1 Å². The molecule has 0 aliphatic carbocycles. The average Bonchev–Trinajstić information content (AvgIpc) is 2.84. The molecule has 1 N–H and O–H groups in total. The van der Waals surface area contributed by atoms with Crippen molar-refractivity contribution < 1.29 is 9.53 Å². The minimum Gasteiger partial charge on any atom is -0.376 e. The number of hydrogen-bond acceptors (Lipinski definition) is 4. The van der Waals surface area contributed by atoms with Crippen molar-refractivity contribution in [2.24, 2.45) is 0 Å². The molecule has 2 rings (SSSR count). The normalized spacial score (nSPS) is 20.5. The van der Waals surface area contributed by atoms with Gasteiger partial charge in [-0.15, -0.1) is 11.3 Å². The lowest BCUT2D eigenvalue weighted by Crippen LogP contribution is -2.31. The van der Waals surface area contributed by atoms with Gasteiger partial charge in [-0.05, 0) is 19.8 Å². The molecule has 1 aromatic rings. The number of ether oxygens (including phenoxy) is 1. The lowest BCUT2D eigenvalue weighted by Gasteiger charge is -2.09. The summed E-state index contributed by atoms with van der Waals surface area (Å²) >= 11 is 1.38. The zero-order valence-corrected chi connectivity index (χ0v) is 9.47. The van der Waals surface area contributed by atoms with E-state index in [4.69, 9.17) is 4.74 Å². The number of carbonyl (C=O) groups is 1. The number of aromatic nitrogens is 1. The number of hydrogen-bond donors (Lipinski definition) is 1. The maximum absolute atomic E-state index is 11.7. The summed E-state index contributed by atoms with van der Waals surface area (Å²) in [6.45, 7) is 3.27. The Morgan fingerprint density at radius 3 is 3.27 bits per heavy atom. The van der Waals surface area contributed by atoms with Crippen LogP contribution in [0.25, 0.3) is 0 Å². The topological polar surface area (TPSA) is 51.2 Å². The van der Waals surface area contributed by atoms with Gasteiger partial charge in [-0.1, -0.05) is 0 Å². The molecule has 1 fully saturated rings. The van der Waals surface area contributed by atoms with Gasteiger partial charge in [-0.25, -0.2) is 4.98 Å². The van der Waals surface area contributed by atoms with E-state index in [-0.39, 0.29) is 12.0 Å². The van der Waals surface area contributed by atoms with Gasteiger partial charge in [-0.2, -0.15) is 0 Å². The Labute approximate surface area is 92.7 Å². The zero-order chi connectivity index (χ0) is 10.7. The predicted molar refractivity (Wildman–Crippen MR) is 58.2 cm³/mol. The molecular weight excluding hydrogens is 212 g/mol. The molecule has 1 amide bonds. The number of amides is 1. The largest absolute Gasteiger partial charge is 0.376 e. The molecule has 4 nitrogen and oxygen atoms in total. The maximum atomic E-state index is 11.7. The number of nitrogens with one attached hydrogen (secondary N) is 1. The maximum Gasteiger partial charge on any atom is 0.263 e. The van der Waals surface area contributed by atoms with E-state index in [0.717, 1.165) is 25.1 Å². The predicted octanol–water partition coefficient (Wildman–Crippen LogP) is 1.36. The molecule has 1 saturated heterocycles. The van der Waals surface area contributed by atoms with Crippen molar-refractivity contribution >= 4 is 17.2 Å². The first-order valence-electron chi connectivity index (χ1n) is 5.07. The van der Waals surface area contributed by atoms with Crippen LogP contribution in [-0.2, 0) is 4.74 Å². The molecule has 1 unspecified atom stereocenters. The molecule has 1 aromatic heterocycles. The second kappa shape index (κ2) is 4.72. The van der Waals surface area contributed by atoms with Crippen molar-refractivity contribution in [3.8, 4) is 0 Å². The molecule has 0 spiro atoms. The molecule has 1 aliphatic heterocycles. The minimum atomic E-state index is -0.0366. The van der Waals surface area contributed by atoms with Gasteiger partial charge in [-0.3, -0.25) is 4.79 Å². The third-order valence-electron chi connectivity index (χ3n) is 2.47. The number of aryl methyl sites for hydroxylation is 1. The van der Waals surface area contributed by atoms with E-state index in [2.05, 4.69) is 10.3 Å². The quantitative estimate of drug-likeness (QED) is 0.846. The van der Waals surface area contributed by atoms with Gasteiger partial charge in [0.2, 0.25) is 0 Å². The van der Waals surface area contributed by atoms with Crippen LogP contribution < -0.4 is 5.32 Å². The average molecular weight is 226 g/mol. The van der Waals surface area contributed by atoms with Crippen LogP contribution in [0.1, 0.15) is 28.2 Å². The Balaban J connectivity index is 1.84. The van der Waals surface area contributed by atoms with E-state index < -0.39 is 0 Å². The zero-order valence-electron chi connectivity index (χ0n) is 8.66. The Morgan fingerprint density at radius 2 is 2.67 bits per heavy atom. The van der Waals surface area contributed by atoms with E-state index in [0.29, 0.717) is 11.4 Å². The Morgan fingerprint density at radius 1 is 1.80 bits per heavy atom. The smallest absolute Gasteiger partial charge is 0.263 e. The van der Waals surface area contributed by atoms with Gasteiger partial charge in [0.15, 0.2) is 0 Å². The van der Waals surface area contributed by atoms with Gasteiger partial charge < -0.3 is 10.1 Å². The summed E-state index contributed by atoms with van der Waals surface area (Å²) in [5.41, 5.74) is 2.49. The number of nitrogens with zero attached hydrogens (tertiary/aromatic N) is 1. The Hall–Kier alpha value is -0.940. The number of thiazole rings is 1. The summed E-state index contributed by atoms with van der Waals surface area (Å²) in [6, 6.07) is 0. The molecule has 0 aromatic carbocycles. The highest BCUT2D eigenvalue weighted by atomic mass is 32.1. The van der Waals surface area contributed by atoms with E-state index >= 15 is 0 Å². The summed E-state index contributed by atoms with van der Waals surface area (Å²) in [5.74, 6) is -0.0366. The molecule has 0 saturated carbocycles. The fourth-order valence-electron chi connectivity index (χ4n) is 1.61. The fraction of sp³-hybridized carbons (Fsp3) is 0.600. The summed E-state index contributed by atoms with van der Waals surface area (Å²) in [4.78, 5) is 16.4. The molecule has 15 heavy (non-hydrogen) atoms. The second-order valence-corrected chi connectivity index (χ2v) is 4.47. The van der Waals surface area contributed by atoms with E-state index in [9.17, 15) is 4.79 Å². The first kappa shape index (κ1) is 10.6. The van der Waals surface area contributed by atoms with Gasteiger partial charge in [0.1, 0.15) is 4.88 Å². The summed E-state index contributed by atoms with van der Waals surface area (Å²) in [7, 11) is 0. The molecule has 2 heterocycles. The van der Waals surface area contributed by atoms with E-state index in [1.165, 1.54) is 11.3 Å². The lowest BCUT2D eigenvalue weighted by molar-refractivity contribution is 0.0860. The van der Waals surface area contributed by atoms with E-state index in [1.807, 2.05) is 6.92 Å². The van der Waals surface area contributed by atoms with Crippen LogP contribution in [0, 0.1) is 6.92 Å². The van der Waals surface area contributed by atoms with Crippen molar-refractivity contribution in [2.45, 2.75) is 25.9 Å². The molecule has 1 atom stereocenters. The van der Waals surface area contributed by atoms with E-state index in [1.54, 1.807) is 5.51 Å². The van der Waals surface area contributed by atoms with Crippen LogP contribution in [0.5, 0.6) is 0 Å². The lowest BCUT2D eigenvalue weighted by atomic mass is 10.2. The van der Waals surface area contributed by atoms with Gasteiger partial charge >= 0.3 is 0 Å². The SMILES string of the molecule is Cc1ncsc1C(=O)NCC1CCCO1. The first-order valence-corrected chi connectivity index (χ1v) is 5.95. The van der Waals surface area contributed by atoms with Crippen LogP contribution in [0.4, 0.5) is 0 Å². The third kappa shape index (κ3) is 2.54. The van der Waals surface area contributed by atoms with Crippen LogP contribution in [0.15, 0.2) is 5.51 Å². The van der Waals surface area contributed by atoms with Gasteiger partial charge in [0.05, 0.1) is 17.3 Å². The Kier molecular flexibility index (Phi) is 3.33. The second-order valence-electron chi connectivity index (χ2n) is 3.61. The third-order valence-corrected chi connectivity index (χ3v) is 3.39. The molecule has 0 bridgehead atoms. The van der Waals surface area contributed by atoms with Crippen molar-refractivity contribution in [1.29, 1.82) is 0 Å². The van der Waals surface area contributed by atoms with Crippen LogP contribution in [0.2, 0.25) is 0 Å². The highest BCUT2D eigenvalue weighted by Gasteiger charge is 2.17. The summed E-state index contributed by atoms with van der Waals surface area (Å²) in [5, 5.41) is 2.87. The summed E-state index contributed by atoms with van der Waals surface area (Å²) in [6.07, 6.45) is 2.34. The standard InChI is InChI=1S/C10H14N2O2S/c1-7-9(15-6-12-7)10(13)11-5-8-3-2-4-14-8/h6,8H,2-5H2,1H3,(H,11,13). The molecule has 0 radical (unpaired) electrons. The van der Waals surface area contributed by atoms with Gasteiger partial charge in [0, 0.05) is 13.2 Å². The molecule has 1 aliphatic rings. The molecule has 5 heteroatoms. The highest BCUT2D eigenvalue weighted by Crippen LogP contribution is 2.13. The van der Waals surface area contributed by atoms with Crippen molar-refractivity contribution in [2.75, 3.05) is 13.2 Å². The monoisotopic (exact) mass is 226 g/mol. The van der Waals surface area contributed by atoms with Crippen molar-refractivity contribution in [3.63, 3.8) is 0 Å². The first-order chi connectivity index (χ1) is 7.27. The van der Waals surface area contributed by atoms with Crippen molar-refractivity contribution in [1.82, 2.24) is 10.3 Å². The number of rotatable bonds is 3. The summed E-state index contributed by atoms with van der Waals surface area (Å²) < 4.78 is 5.42. The Bertz CT molecular complexity index is 345. The van der Waals surface area contributed by atoms with Gasteiger partial charge in [0.25, 0.3) is 5.91 Å². The molecule has 82 valence electrons. The molecular formula is C10H14N2O2S. The number of carbonyl (C=O) groups excluding carboxylic acids is 1. The fourth-order valence-corrected chi connectivity index (χ4v) is 2.33. The van der Waals surface area contributed by atoms with Crippen LogP contribution in [-0.4, -0.2) is 30.1 Å². The van der Waals surface area contributed by atoms with Crippen LogP contribution in [0.3, 0.4) is 0 Å².